The van der Waals surface area contributed by atoms with Crippen LogP contribution in [0.5, 0.6) is 0 Å². The van der Waals surface area contributed by atoms with Crippen molar-refractivity contribution < 1.29 is 14.1 Å². The van der Waals surface area contributed by atoms with Gasteiger partial charge in [0.2, 0.25) is 5.91 Å². The van der Waals surface area contributed by atoms with Crippen LogP contribution < -0.4 is 10.5 Å². The van der Waals surface area contributed by atoms with Gasteiger partial charge < -0.3 is 9.32 Å². The maximum Gasteiger partial charge on any atom is 0.269 e. The first kappa shape index (κ1) is 21.0. The van der Waals surface area contributed by atoms with E-state index in [1.807, 2.05) is 6.07 Å². The number of non-ortho nitro benzene ring substituents is 1. The van der Waals surface area contributed by atoms with E-state index >= 15 is 0 Å². The molecule has 10 heteroatoms. The smallest absolute Gasteiger partial charge is 0.269 e. The molecule has 0 bridgehead atoms. The zero-order valence-electron chi connectivity index (χ0n) is 17.3. The SMILES string of the molecule is O=C(CSc1nc2ccccc2c(=O)n1Cc1ccco1)N1CCc2cc([N+](=O)[O-])ccc21. The molecule has 2 aromatic carbocycles. The first-order valence-electron chi connectivity index (χ1n) is 10.2. The number of rotatable bonds is 6. The molecule has 0 spiro atoms. The number of thioether (sulfide) groups is 1. The van der Waals surface area contributed by atoms with E-state index in [2.05, 4.69) is 4.98 Å². The highest BCUT2D eigenvalue weighted by molar-refractivity contribution is 7.99. The summed E-state index contributed by atoms with van der Waals surface area (Å²) in [5, 5.41) is 11.9. The summed E-state index contributed by atoms with van der Waals surface area (Å²) in [6.45, 7) is 0.663. The summed E-state index contributed by atoms with van der Waals surface area (Å²) in [7, 11) is 0. The van der Waals surface area contributed by atoms with E-state index < -0.39 is 4.92 Å². The highest BCUT2D eigenvalue weighted by atomic mass is 32.2. The molecule has 1 aliphatic heterocycles. The molecule has 1 aliphatic rings. The Morgan fingerprint density at radius 1 is 1.18 bits per heavy atom. The lowest BCUT2D eigenvalue weighted by molar-refractivity contribution is -0.384. The first-order valence-corrected chi connectivity index (χ1v) is 11.2. The summed E-state index contributed by atoms with van der Waals surface area (Å²) in [5.74, 6) is 0.524. The number of para-hydroxylation sites is 1. The lowest BCUT2D eigenvalue weighted by Gasteiger charge is -2.18. The Bertz CT molecular complexity index is 1430. The number of benzene rings is 2. The van der Waals surface area contributed by atoms with Gasteiger partial charge in [0, 0.05) is 24.4 Å². The normalized spacial score (nSPS) is 12.8. The van der Waals surface area contributed by atoms with E-state index in [1.54, 1.807) is 47.6 Å². The zero-order chi connectivity index (χ0) is 22.9. The number of nitrogens with zero attached hydrogens (tertiary/aromatic N) is 4. The molecule has 0 aliphatic carbocycles. The Labute approximate surface area is 191 Å². The second-order valence-corrected chi connectivity index (χ2v) is 8.48. The Balaban J connectivity index is 1.41. The summed E-state index contributed by atoms with van der Waals surface area (Å²) >= 11 is 1.19. The molecule has 166 valence electrons. The number of amides is 1. The van der Waals surface area contributed by atoms with Gasteiger partial charge in [0.1, 0.15) is 5.76 Å². The van der Waals surface area contributed by atoms with Crippen LogP contribution in [0, 0.1) is 10.1 Å². The third-order valence-corrected chi connectivity index (χ3v) is 6.48. The summed E-state index contributed by atoms with van der Waals surface area (Å²) in [6, 6.07) is 15.2. The van der Waals surface area contributed by atoms with Crippen LogP contribution in [0.4, 0.5) is 11.4 Å². The van der Waals surface area contributed by atoms with Gasteiger partial charge in [-0.15, -0.1) is 0 Å². The van der Waals surface area contributed by atoms with Gasteiger partial charge in [0.05, 0.1) is 34.4 Å². The summed E-state index contributed by atoms with van der Waals surface area (Å²) in [4.78, 5) is 43.0. The van der Waals surface area contributed by atoms with Crippen molar-refractivity contribution in [3.63, 3.8) is 0 Å². The van der Waals surface area contributed by atoms with Crippen molar-refractivity contribution in [3.8, 4) is 0 Å². The molecule has 4 aromatic rings. The number of hydrogen-bond acceptors (Lipinski definition) is 7. The molecule has 0 N–H and O–H groups in total. The molecule has 0 saturated carbocycles. The predicted octanol–water partition coefficient (Wildman–Crippen LogP) is 3.63. The number of aromatic nitrogens is 2. The molecule has 1 amide bonds. The van der Waals surface area contributed by atoms with E-state index in [0.717, 1.165) is 5.56 Å². The van der Waals surface area contributed by atoms with E-state index in [-0.39, 0.29) is 29.5 Å². The Kier molecular flexibility index (Phi) is 5.43. The van der Waals surface area contributed by atoms with Crippen molar-refractivity contribution in [3.05, 3.63) is 92.7 Å². The summed E-state index contributed by atoms with van der Waals surface area (Å²) in [5.41, 5.74) is 1.84. The number of nitro groups is 1. The monoisotopic (exact) mass is 462 g/mol. The second kappa shape index (κ2) is 8.55. The Morgan fingerprint density at radius 3 is 2.82 bits per heavy atom. The number of fused-ring (bicyclic) bond motifs is 2. The topological polar surface area (TPSA) is 111 Å². The predicted molar refractivity (Wildman–Crippen MR) is 124 cm³/mol. The van der Waals surface area contributed by atoms with Crippen LogP contribution in [0.1, 0.15) is 11.3 Å². The first-order chi connectivity index (χ1) is 16.0. The minimum Gasteiger partial charge on any atom is -0.467 e. The molecule has 0 unspecified atom stereocenters. The lowest BCUT2D eigenvalue weighted by atomic mass is 10.1. The fraction of sp³-hybridized carbons (Fsp3) is 0.174. The van der Waals surface area contributed by atoms with Crippen LogP contribution in [0.25, 0.3) is 10.9 Å². The molecule has 2 aromatic heterocycles. The number of nitro benzene ring substituents is 1. The average molecular weight is 462 g/mol. The van der Waals surface area contributed by atoms with Crippen molar-refractivity contribution in [2.24, 2.45) is 0 Å². The number of anilines is 1. The van der Waals surface area contributed by atoms with E-state index in [4.69, 9.17) is 4.42 Å². The fourth-order valence-corrected chi connectivity index (χ4v) is 4.80. The quantitative estimate of drug-likeness (QED) is 0.186. The van der Waals surface area contributed by atoms with Gasteiger partial charge in [0.15, 0.2) is 5.16 Å². The van der Waals surface area contributed by atoms with Gasteiger partial charge in [-0.05, 0) is 42.3 Å². The maximum atomic E-state index is 13.1. The van der Waals surface area contributed by atoms with Gasteiger partial charge in [0.25, 0.3) is 11.2 Å². The summed E-state index contributed by atoms with van der Waals surface area (Å²) < 4.78 is 6.93. The van der Waals surface area contributed by atoms with Gasteiger partial charge in [-0.2, -0.15) is 0 Å². The largest absolute Gasteiger partial charge is 0.467 e. The zero-order valence-corrected chi connectivity index (χ0v) is 18.2. The molecule has 0 saturated heterocycles. The molecule has 33 heavy (non-hydrogen) atoms. The second-order valence-electron chi connectivity index (χ2n) is 7.54. The highest BCUT2D eigenvalue weighted by Crippen LogP contribution is 2.32. The van der Waals surface area contributed by atoms with Gasteiger partial charge in [-0.1, -0.05) is 23.9 Å². The molecule has 9 nitrogen and oxygen atoms in total. The average Bonchev–Trinajstić information content (AvgIpc) is 3.49. The Morgan fingerprint density at radius 2 is 2.03 bits per heavy atom. The minimum atomic E-state index is -0.440. The molecule has 0 radical (unpaired) electrons. The van der Waals surface area contributed by atoms with Crippen LogP contribution in [0.3, 0.4) is 0 Å². The molecule has 0 fully saturated rings. The number of hydrogen-bond donors (Lipinski definition) is 0. The van der Waals surface area contributed by atoms with Gasteiger partial charge in [-0.3, -0.25) is 24.3 Å². The van der Waals surface area contributed by atoms with E-state index in [9.17, 15) is 19.7 Å². The van der Waals surface area contributed by atoms with Crippen LogP contribution >= 0.6 is 11.8 Å². The standard InChI is InChI=1S/C23H18N4O5S/c28-21(25-10-9-15-12-16(27(30)31)7-8-20(15)25)14-33-23-24-19-6-2-1-5-18(19)22(29)26(23)13-17-4-3-11-32-17/h1-8,11-12H,9-10,13-14H2. The van der Waals surface area contributed by atoms with Crippen molar-refractivity contribution in [1.29, 1.82) is 0 Å². The lowest BCUT2D eigenvalue weighted by Crippen LogP contribution is -2.31. The minimum absolute atomic E-state index is 0.0136. The van der Waals surface area contributed by atoms with E-state index in [1.165, 1.54) is 28.5 Å². The summed E-state index contributed by atoms with van der Waals surface area (Å²) in [6.07, 6.45) is 2.10. The van der Waals surface area contributed by atoms with Gasteiger partial charge in [-0.25, -0.2) is 4.98 Å². The van der Waals surface area contributed by atoms with Crippen molar-refractivity contribution >= 4 is 39.9 Å². The molecule has 0 atom stereocenters. The number of carbonyl (C=O) groups excluding carboxylic acids is 1. The van der Waals surface area contributed by atoms with Crippen LogP contribution in [0.15, 0.2) is 75.2 Å². The van der Waals surface area contributed by atoms with Crippen LogP contribution in [-0.2, 0) is 17.8 Å². The van der Waals surface area contributed by atoms with Crippen molar-refractivity contribution in [2.45, 2.75) is 18.1 Å². The van der Waals surface area contributed by atoms with E-state index in [0.29, 0.717) is 40.5 Å². The third kappa shape index (κ3) is 4.00. The molecular weight excluding hydrogens is 444 g/mol. The van der Waals surface area contributed by atoms with Crippen LogP contribution in [-0.4, -0.2) is 32.7 Å². The number of furan rings is 1. The molecule has 5 rings (SSSR count). The van der Waals surface area contributed by atoms with Crippen molar-refractivity contribution in [1.82, 2.24) is 9.55 Å². The fourth-order valence-electron chi connectivity index (χ4n) is 3.92. The molecular formula is C23H18N4O5S. The molecule has 3 heterocycles. The maximum absolute atomic E-state index is 13.1. The van der Waals surface area contributed by atoms with Crippen LogP contribution in [0.2, 0.25) is 0 Å². The van der Waals surface area contributed by atoms with Gasteiger partial charge >= 0.3 is 0 Å². The third-order valence-electron chi connectivity index (χ3n) is 5.52. The van der Waals surface area contributed by atoms with Crippen molar-refractivity contribution in [2.75, 3.05) is 17.2 Å². The Hall–Kier alpha value is -3.92. The highest BCUT2D eigenvalue weighted by Gasteiger charge is 2.27. The number of carbonyl (C=O) groups is 1.